The van der Waals surface area contributed by atoms with Gasteiger partial charge in [0.1, 0.15) is 10.6 Å². The van der Waals surface area contributed by atoms with Crippen molar-refractivity contribution in [2.75, 3.05) is 4.90 Å². The number of allylic oxidation sites excluding steroid dienone is 2. The van der Waals surface area contributed by atoms with E-state index in [-0.39, 0.29) is 34.3 Å². The molecule has 2 aliphatic rings. The van der Waals surface area contributed by atoms with Crippen LogP contribution in [0.1, 0.15) is 12.8 Å². The molecule has 2 amide bonds. The predicted octanol–water partition coefficient (Wildman–Crippen LogP) is 4.06. The SMILES string of the molecule is O=C1[C@@H]2CC=CC[C@H]2C(=O)N1c1cccc(OS(=O)(=O)c2ccc3ccccc3c2)c1. The number of amides is 2. The van der Waals surface area contributed by atoms with E-state index in [4.69, 9.17) is 4.18 Å². The van der Waals surface area contributed by atoms with Gasteiger partial charge in [-0.15, -0.1) is 0 Å². The third kappa shape index (κ3) is 3.41. The van der Waals surface area contributed by atoms with Gasteiger partial charge < -0.3 is 4.18 Å². The van der Waals surface area contributed by atoms with E-state index in [1.807, 2.05) is 36.4 Å². The van der Waals surface area contributed by atoms with Gasteiger partial charge >= 0.3 is 10.1 Å². The summed E-state index contributed by atoms with van der Waals surface area (Å²) in [5, 5.41) is 1.70. The molecule has 5 rings (SSSR count). The maximum atomic E-state index is 12.8. The Hall–Kier alpha value is -3.45. The molecule has 1 heterocycles. The Labute approximate surface area is 179 Å². The molecule has 0 unspecified atom stereocenters. The van der Waals surface area contributed by atoms with Gasteiger partial charge in [-0.05, 0) is 47.9 Å². The van der Waals surface area contributed by atoms with Crippen LogP contribution in [0, 0.1) is 11.8 Å². The van der Waals surface area contributed by atoms with Crippen LogP contribution in [-0.2, 0) is 19.7 Å². The van der Waals surface area contributed by atoms with Crippen molar-refractivity contribution in [2.24, 2.45) is 11.8 Å². The maximum absolute atomic E-state index is 12.8. The third-order valence-electron chi connectivity index (χ3n) is 5.80. The number of rotatable bonds is 4. The molecule has 3 aromatic carbocycles. The summed E-state index contributed by atoms with van der Waals surface area (Å²) in [5.74, 6) is -1.19. The van der Waals surface area contributed by atoms with Crippen LogP contribution in [0.3, 0.4) is 0 Å². The first kappa shape index (κ1) is 19.5. The smallest absolute Gasteiger partial charge is 0.339 e. The van der Waals surface area contributed by atoms with Crippen LogP contribution in [0.5, 0.6) is 5.75 Å². The van der Waals surface area contributed by atoms with Crippen LogP contribution in [0.15, 0.2) is 83.8 Å². The number of imide groups is 1. The highest BCUT2D eigenvalue weighted by atomic mass is 32.2. The van der Waals surface area contributed by atoms with E-state index in [1.165, 1.54) is 18.2 Å². The standard InChI is InChI=1S/C24H19NO5S/c26-23-21-10-3-4-11-22(21)24(27)25(23)18-8-5-9-19(15-18)30-31(28,29)20-13-12-16-6-1-2-7-17(16)14-20/h1-9,12-15,21-22H,10-11H2/t21-,22-/m1/s1. The lowest BCUT2D eigenvalue weighted by atomic mass is 9.85. The lowest BCUT2D eigenvalue weighted by molar-refractivity contribution is -0.122. The van der Waals surface area contributed by atoms with E-state index in [0.717, 1.165) is 15.7 Å². The zero-order valence-corrected chi connectivity index (χ0v) is 17.3. The third-order valence-corrected chi connectivity index (χ3v) is 7.04. The van der Waals surface area contributed by atoms with Crippen LogP contribution in [0.4, 0.5) is 5.69 Å². The molecule has 0 saturated carbocycles. The van der Waals surface area contributed by atoms with Crippen molar-refractivity contribution in [1.82, 2.24) is 0 Å². The molecule has 6 nitrogen and oxygen atoms in total. The van der Waals surface area contributed by atoms with Crippen molar-refractivity contribution in [1.29, 1.82) is 0 Å². The Balaban J connectivity index is 1.44. The number of hydrogen-bond acceptors (Lipinski definition) is 5. The van der Waals surface area contributed by atoms with Crippen molar-refractivity contribution in [3.8, 4) is 5.75 Å². The summed E-state index contributed by atoms with van der Waals surface area (Å²) in [5.41, 5.74) is 0.315. The molecule has 0 aromatic heterocycles. The molecule has 3 aromatic rings. The molecule has 1 aliphatic heterocycles. The first-order valence-electron chi connectivity index (χ1n) is 10.0. The topological polar surface area (TPSA) is 80.8 Å². The highest BCUT2D eigenvalue weighted by molar-refractivity contribution is 7.87. The summed E-state index contributed by atoms with van der Waals surface area (Å²) < 4.78 is 31.0. The summed E-state index contributed by atoms with van der Waals surface area (Å²) >= 11 is 0. The maximum Gasteiger partial charge on any atom is 0.339 e. The van der Waals surface area contributed by atoms with E-state index in [0.29, 0.717) is 18.5 Å². The van der Waals surface area contributed by atoms with Gasteiger partial charge in [0.15, 0.2) is 0 Å². The second kappa shape index (κ2) is 7.35. The van der Waals surface area contributed by atoms with Crippen LogP contribution in [0.25, 0.3) is 10.8 Å². The van der Waals surface area contributed by atoms with E-state index in [9.17, 15) is 18.0 Å². The number of carbonyl (C=O) groups excluding carboxylic acids is 2. The summed E-state index contributed by atoms with van der Waals surface area (Å²) in [7, 11) is -4.09. The number of fused-ring (bicyclic) bond motifs is 2. The van der Waals surface area contributed by atoms with Gasteiger partial charge in [-0.1, -0.05) is 48.6 Å². The van der Waals surface area contributed by atoms with E-state index in [2.05, 4.69) is 0 Å². The number of nitrogens with zero attached hydrogens (tertiary/aromatic N) is 1. The molecule has 2 atom stereocenters. The molecule has 156 valence electrons. The average Bonchev–Trinajstić information content (AvgIpc) is 3.03. The zero-order valence-electron chi connectivity index (χ0n) is 16.5. The highest BCUT2D eigenvalue weighted by Gasteiger charge is 2.47. The monoisotopic (exact) mass is 433 g/mol. The van der Waals surface area contributed by atoms with E-state index >= 15 is 0 Å². The molecule has 0 N–H and O–H groups in total. The van der Waals surface area contributed by atoms with E-state index in [1.54, 1.807) is 24.3 Å². The Morgan fingerprint density at radius 3 is 2.16 bits per heavy atom. The Morgan fingerprint density at radius 1 is 0.774 bits per heavy atom. The average molecular weight is 433 g/mol. The first-order chi connectivity index (χ1) is 14.9. The fourth-order valence-electron chi connectivity index (χ4n) is 4.23. The number of carbonyl (C=O) groups is 2. The summed E-state index contributed by atoms with van der Waals surface area (Å²) in [6.07, 6.45) is 4.92. The van der Waals surface area contributed by atoms with Gasteiger partial charge in [0.2, 0.25) is 11.8 Å². The van der Waals surface area contributed by atoms with Crippen molar-refractivity contribution in [3.05, 3.63) is 78.9 Å². The lowest BCUT2D eigenvalue weighted by Gasteiger charge is -2.16. The van der Waals surface area contributed by atoms with Gasteiger partial charge in [0.25, 0.3) is 0 Å². The minimum Gasteiger partial charge on any atom is -0.379 e. The molecular weight excluding hydrogens is 414 g/mol. The molecule has 31 heavy (non-hydrogen) atoms. The molecule has 1 fully saturated rings. The Bertz CT molecular complexity index is 1320. The van der Waals surface area contributed by atoms with Gasteiger partial charge in [-0.3, -0.25) is 9.59 Å². The molecule has 0 spiro atoms. The second-order valence-corrected chi connectivity index (χ2v) is 9.26. The zero-order chi connectivity index (χ0) is 21.6. The minimum atomic E-state index is -4.09. The van der Waals surface area contributed by atoms with Crippen LogP contribution in [0.2, 0.25) is 0 Å². The molecule has 0 radical (unpaired) electrons. The number of anilines is 1. The largest absolute Gasteiger partial charge is 0.379 e. The Kier molecular flexibility index (Phi) is 4.63. The van der Waals surface area contributed by atoms with Gasteiger partial charge in [-0.2, -0.15) is 8.42 Å². The number of benzene rings is 3. The summed E-state index contributed by atoms with van der Waals surface area (Å²) in [6.45, 7) is 0. The summed E-state index contributed by atoms with van der Waals surface area (Å²) in [4.78, 5) is 26.8. The van der Waals surface area contributed by atoms with Gasteiger partial charge in [0, 0.05) is 6.07 Å². The van der Waals surface area contributed by atoms with Crippen molar-refractivity contribution < 1.29 is 22.2 Å². The molecule has 1 aliphatic carbocycles. The van der Waals surface area contributed by atoms with Crippen LogP contribution in [-0.4, -0.2) is 20.2 Å². The molecule has 1 saturated heterocycles. The van der Waals surface area contributed by atoms with Gasteiger partial charge in [-0.25, -0.2) is 4.90 Å². The summed E-state index contributed by atoms with van der Waals surface area (Å²) in [6, 6.07) is 18.3. The van der Waals surface area contributed by atoms with E-state index < -0.39 is 10.1 Å². The fourth-order valence-corrected chi connectivity index (χ4v) is 5.19. The van der Waals surface area contributed by atoms with Gasteiger partial charge in [0.05, 0.1) is 17.5 Å². The molecular formula is C24H19NO5S. The lowest BCUT2D eigenvalue weighted by Crippen LogP contribution is -2.30. The van der Waals surface area contributed by atoms with Crippen LogP contribution < -0.4 is 9.08 Å². The second-order valence-electron chi connectivity index (χ2n) is 7.71. The van der Waals surface area contributed by atoms with Crippen molar-refractivity contribution in [2.45, 2.75) is 17.7 Å². The quantitative estimate of drug-likeness (QED) is 0.352. The minimum absolute atomic E-state index is 0.0297. The fraction of sp³-hybridized carbons (Fsp3) is 0.167. The number of hydrogen-bond donors (Lipinski definition) is 0. The normalized spacial score (nSPS) is 20.8. The van der Waals surface area contributed by atoms with Crippen molar-refractivity contribution in [3.63, 3.8) is 0 Å². The molecule has 0 bridgehead atoms. The first-order valence-corrected chi connectivity index (χ1v) is 11.4. The van der Waals surface area contributed by atoms with Crippen molar-refractivity contribution >= 4 is 38.4 Å². The Morgan fingerprint density at radius 2 is 1.45 bits per heavy atom. The van der Waals surface area contributed by atoms with Crippen LogP contribution >= 0.6 is 0 Å². The predicted molar refractivity (Wildman–Crippen MR) is 116 cm³/mol. The highest BCUT2D eigenvalue weighted by Crippen LogP contribution is 2.38. The molecule has 7 heteroatoms.